The summed E-state index contributed by atoms with van der Waals surface area (Å²) in [5.74, 6) is -0.210. The molecule has 3 rings (SSSR count). The predicted molar refractivity (Wildman–Crippen MR) is 66.4 cm³/mol. The molecule has 0 spiro atoms. The van der Waals surface area contributed by atoms with Crippen LogP contribution >= 0.6 is 0 Å². The Morgan fingerprint density at radius 2 is 2.22 bits per heavy atom. The standard InChI is InChI=1S/C14H17NO3/c16-14(17)11-1-2-12-7-15(8-13(12)5-11)6-10-3-4-18-9-10/h1-2,5,10H,3-4,6-9H2,(H,16,17). The number of carboxylic acid groups (broad SMARTS) is 1. The van der Waals surface area contributed by atoms with Gasteiger partial charge in [-0.2, -0.15) is 0 Å². The van der Waals surface area contributed by atoms with Crippen LogP contribution in [0.4, 0.5) is 0 Å². The molecule has 1 N–H and O–H groups in total. The molecule has 18 heavy (non-hydrogen) atoms. The molecule has 4 nitrogen and oxygen atoms in total. The molecule has 1 saturated heterocycles. The molecule has 0 radical (unpaired) electrons. The SMILES string of the molecule is O=C(O)c1ccc2c(c1)CN(CC1CCOC1)C2. The lowest BCUT2D eigenvalue weighted by Gasteiger charge is -2.18. The molecule has 4 heteroatoms. The smallest absolute Gasteiger partial charge is 0.335 e. The average molecular weight is 247 g/mol. The first-order chi connectivity index (χ1) is 8.72. The number of ether oxygens (including phenoxy) is 1. The fourth-order valence-corrected chi connectivity index (χ4v) is 2.82. The fourth-order valence-electron chi connectivity index (χ4n) is 2.82. The van der Waals surface area contributed by atoms with E-state index in [4.69, 9.17) is 9.84 Å². The highest BCUT2D eigenvalue weighted by molar-refractivity contribution is 5.87. The second kappa shape index (κ2) is 4.71. The first-order valence-electron chi connectivity index (χ1n) is 6.37. The molecular formula is C14H17NO3. The zero-order valence-electron chi connectivity index (χ0n) is 10.3. The minimum Gasteiger partial charge on any atom is -0.478 e. The van der Waals surface area contributed by atoms with E-state index in [9.17, 15) is 4.79 Å². The van der Waals surface area contributed by atoms with Gasteiger partial charge in [-0.15, -0.1) is 0 Å². The predicted octanol–water partition coefficient (Wildman–Crippen LogP) is 1.74. The van der Waals surface area contributed by atoms with Crippen molar-refractivity contribution in [3.63, 3.8) is 0 Å². The summed E-state index contributed by atoms with van der Waals surface area (Å²) in [4.78, 5) is 13.3. The molecule has 2 heterocycles. The number of benzene rings is 1. The highest BCUT2D eigenvalue weighted by Gasteiger charge is 2.24. The molecule has 0 bridgehead atoms. The van der Waals surface area contributed by atoms with Gasteiger partial charge in [0.25, 0.3) is 0 Å². The summed E-state index contributed by atoms with van der Waals surface area (Å²) >= 11 is 0. The van der Waals surface area contributed by atoms with Gasteiger partial charge in [-0.3, -0.25) is 4.90 Å². The fraction of sp³-hybridized carbons (Fsp3) is 0.500. The van der Waals surface area contributed by atoms with Gasteiger partial charge in [0.05, 0.1) is 12.2 Å². The largest absolute Gasteiger partial charge is 0.478 e. The highest BCUT2D eigenvalue weighted by Crippen LogP contribution is 2.26. The first kappa shape index (κ1) is 11.7. The van der Waals surface area contributed by atoms with Gasteiger partial charge in [0.15, 0.2) is 0 Å². The van der Waals surface area contributed by atoms with Gasteiger partial charge < -0.3 is 9.84 Å². The lowest BCUT2D eigenvalue weighted by molar-refractivity contribution is 0.0696. The molecule has 1 atom stereocenters. The second-order valence-electron chi connectivity index (χ2n) is 5.19. The van der Waals surface area contributed by atoms with E-state index < -0.39 is 5.97 Å². The van der Waals surface area contributed by atoms with Crippen LogP contribution in [0.3, 0.4) is 0 Å². The Bertz CT molecular complexity index is 466. The minimum atomic E-state index is -0.847. The van der Waals surface area contributed by atoms with Crippen molar-refractivity contribution in [2.75, 3.05) is 19.8 Å². The Labute approximate surface area is 106 Å². The maximum absolute atomic E-state index is 10.9. The molecule has 0 amide bonds. The van der Waals surface area contributed by atoms with Crippen LogP contribution in [0.2, 0.25) is 0 Å². The van der Waals surface area contributed by atoms with Gasteiger partial charge in [0.1, 0.15) is 0 Å². The molecule has 0 aliphatic carbocycles. The second-order valence-corrected chi connectivity index (χ2v) is 5.19. The monoisotopic (exact) mass is 247 g/mol. The van der Waals surface area contributed by atoms with Crippen LogP contribution in [0.15, 0.2) is 18.2 Å². The number of fused-ring (bicyclic) bond motifs is 1. The zero-order valence-corrected chi connectivity index (χ0v) is 10.3. The van der Waals surface area contributed by atoms with Gasteiger partial charge in [-0.05, 0) is 35.6 Å². The zero-order chi connectivity index (χ0) is 12.5. The molecule has 1 aromatic carbocycles. The first-order valence-corrected chi connectivity index (χ1v) is 6.37. The van der Waals surface area contributed by atoms with E-state index in [0.717, 1.165) is 44.8 Å². The lowest BCUT2D eigenvalue weighted by Crippen LogP contribution is -2.24. The molecular weight excluding hydrogens is 230 g/mol. The average Bonchev–Trinajstić information content (AvgIpc) is 2.96. The van der Waals surface area contributed by atoms with Gasteiger partial charge in [0, 0.05) is 26.2 Å². The Hall–Kier alpha value is -1.39. The molecule has 0 saturated carbocycles. The van der Waals surface area contributed by atoms with Crippen molar-refractivity contribution >= 4 is 5.97 Å². The van der Waals surface area contributed by atoms with Gasteiger partial charge in [-0.1, -0.05) is 6.07 Å². The topological polar surface area (TPSA) is 49.8 Å². The van der Waals surface area contributed by atoms with E-state index >= 15 is 0 Å². The van der Waals surface area contributed by atoms with Crippen LogP contribution in [-0.4, -0.2) is 35.7 Å². The van der Waals surface area contributed by atoms with Crippen molar-refractivity contribution < 1.29 is 14.6 Å². The van der Waals surface area contributed by atoms with Crippen molar-refractivity contribution in [3.05, 3.63) is 34.9 Å². The van der Waals surface area contributed by atoms with E-state index in [0.29, 0.717) is 11.5 Å². The Morgan fingerprint density at radius 1 is 1.39 bits per heavy atom. The summed E-state index contributed by atoms with van der Waals surface area (Å²) in [5.41, 5.74) is 2.81. The summed E-state index contributed by atoms with van der Waals surface area (Å²) < 4.78 is 5.39. The van der Waals surface area contributed by atoms with Crippen LogP contribution in [0.5, 0.6) is 0 Å². The highest BCUT2D eigenvalue weighted by atomic mass is 16.5. The van der Waals surface area contributed by atoms with E-state index in [1.165, 1.54) is 5.56 Å². The van der Waals surface area contributed by atoms with E-state index in [2.05, 4.69) is 4.90 Å². The molecule has 2 aliphatic heterocycles. The third-order valence-electron chi connectivity index (χ3n) is 3.78. The Morgan fingerprint density at radius 3 is 2.94 bits per heavy atom. The van der Waals surface area contributed by atoms with Crippen molar-refractivity contribution in [2.45, 2.75) is 19.5 Å². The van der Waals surface area contributed by atoms with E-state index in [1.54, 1.807) is 6.07 Å². The molecule has 1 unspecified atom stereocenters. The van der Waals surface area contributed by atoms with E-state index in [1.807, 2.05) is 12.1 Å². The van der Waals surface area contributed by atoms with Crippen molar-refractivity contribution in [1.29, 1.82) is 0 Å². The Kier molecular flexibility index (Phi) is 3.06. The van der Waals surface area contributed by atoms with Crippen molar-refractivity contribution in [1.82, 2.24) is 4.90 Å². The number of rotatable bonds is 3. The number of nitrogens with zero attached hydrogens (tertiary/aromatic N) is 1. The summed E-state index contributed by atoms with van der Waals surface area (Å²) in [6.07, 6.45) is 1.15. The van der Waals surface area contributed by atoms with Gasteiger partial charge >= 0.3 is 5.97 Å². The molecule has 1 aromatic rings. The van der Waals surface area contributed by atoms with Crippen LogP contribution in [-0.2, 0) is 17.8 Å². The third kappa shape index (κ3) is 2.26. The molecule has 2 aliphatic rings. The van der Waals surface area contributed by atoms with E-state index in [-0.39, 0.29) is 0 Å². The van der Waals surface area contributed by atoms with Crippen LogP contribution < -0.4 is 0 Å². The van der Waals surface area contributed by atoms with Crippen LogP contribution in [0, 0.1) is 5.92 Å². The maximum atomic E-state index is 10.9. The van der Waals surface area contributed by atoms with Crippen molar-refractivity contribution in [2.24, 2.45) is 5.92 Å². The Balaban J connectivity index is 1.68. The lowest BCUT2D eigenvalue weighted by atomic mass is 10.1. The number of aromatic carboxylic acids is 1. The minimum absolute atomic E-state index is 0.389. The number of hydrogen-bond donors (Lipinski definition) is 1. The number of carbonyl (C=O) groups is 1. The van der Waals surface area contributed by atoms with Gasteiger partial charge in [0.2, 0.25) is 0 Å². The summed E-state index contributed by atoms with van der Waals surface area (Å²) in [5, 5.41) is 8.98. The van der Waals surface area contributed by atoms with Crippen molar-refractivity contribution in [3.8, 4) is 0 Å². The normalized spacial score (nSPS) is 23.2. The third-order valence-corrected chi connectivity index (χ3v) is 3.78. The number of hydrogen-bond acceptors (Lipinski definition) is 3. The molecule has 1 fully saturated rings. The molecule has 0 aromatic heterocycles. The van der Waals surface area contributed by atoms with Crippen LogP contribution in [0.1, 0.15) is 27.9 Å². The summed E-state index contributed by atoms with van der Waals surface area (Å²) in [7, 11) is 0. The number of carboxylic acids is 1. The summed E-state index contributed by atoms with van der Waals surface area (Å²) in [6.45, 7) is 4.61. The van der Waals surface area contributed by atoms with Crippen LogP contribution in [0.25, 0.3) is 0 Å². The van der Waals surface area contributed by atoms with Gasteiger partial charge in [-0.25, -0.2) is 4.79 Å². The summed E-state index contributed by atoms with van der Waals surface area (Å²) in [6, 6.07) is 5.45. The molecule has 96 valence electrons. The maximum Gasteiger partial charge on any atom is 0.335 e. The quantitative estimate of drug-likeness (QED) is 0.884.